The molecule has 1 amide bonds. The van der Waals surface area contributed by atoms with Crippen molar-refractivity contribution in [3.05, 3.63) is 27.2 Å². The van der Waals surface area contributed by atoms with Gasteiger partial charge in [-0.15, -0.1) is 0 Å². The highest BCUT2D eigenvalue weighted by Gasteiger charge is 2.29. The number of amides is 1. The molecule has 0 spiro atoms. The summed E-state index contributed by atoms with van der Waals surface area (Å²) < 4.78 is 1.19. The molecule has 1 saturated carbocycles. The summed E-state index contributed by atoms with van der Waals surface area (Å²) in [4.78, 5) is 24.5. The van der Waals surface area contributed by atoms with Crippen LogP contribution in [0.1, 0.15) is 40.9 Å². The van der Waals surface area contributed by atoms with E-state index in [9.17, 15) is 14.7 Å². The molecule has 2 N–H and O–H groups in total. The summed E-state index contributed by atoms with van der Waals surface area (Å²) in [5.74, 6) is -0.273. The molecule has 2 rings (SSSR count). The number of aliphatic hydroxyl groups excluding tert-OH is 1. The minimum atomic E-state index is -0.385. The number of aromatic nitrogens is 2. The van der Waals surface area contributed by atoms with Crippen molar-refractivity contribution in [2.45, 2.75) is 39.2 Å². The first kappa shape index (κ1) is 14.7. The normalized spacial score (nSPS) is 22.0. The summed E-state index contributed by atoms with van der Waals surface area (Å²) in [6.45, 7) is 3.58. The maximum Gasteiger partial charge on any atom is 0.279 e. The van der Waals surface area contributed by atoms with Crippen molar-refractivity contribution in [3.8, 4) is 0 Å². The molecule has 20 heavy (non-hydrogen) atoms. The first-order valence-electron chi connectivity index (χ1n) is 6.92. The van der Waals surface area contributed by atoms with Crippen molar-refractivity contribution < 1.29 is 9.90 Å². The van der Waals surface area contributed by atoms with Crippen molar-refractivity contribution in [2.24, 2.45) is 13.0 Å². The fourth-order valence-electron chi connectivity index (χ4n) is 2.80. The van der Waals surface area contributed by atoms with Crippen LogP contribution in [0.15, 0.2) is 4.79 Å². The standard InChI is InChI=1S/C14H21N3O3/c1-8-9(2)16-17(3)14(20)12(8)13(19)15-11-6-4-5-10(11)7-18/h10-11,18H,4-7H2,1-3H3,(H,15,19). The zero-order chi connectivity index (χ0) is 14.9. The Morgan fingerprint density at radius 3 is 2.80 bits per heavy atom. The highest BCUT2D eigenvalue weighted by Crippen LogP contribution is 2.25. The minimum absolute atomic E-state index is 0.0509. The second-order valence-electron chi connectivity index (χ2n) is 5.47. The SMILES string of the molecule is Cc1nn(C)c(=O)c(C(=O)NC2CCCC2CO)c1C. The van der Waals surface area contributed by atoms with E-state index in [4.69, 9.17) is 0 Å². The predicted octanol–water partition coefficient (Wildman–Crippen LogP) is 0.288. The average molecular weight is 279 g/mol. The van der Waals surface area contributed by atoms with Gasteiger partial charge in [-0.2, -0.15) is 5.10 Å². The average Bonchev–Trinajstić information content (AvgIpc) is 2.84. The largest absolute Gasteiger partial charge is 0.396 e. The number of nitrogens with one attached hydrogen (secondary N) is 1. The van der Waals surface area contributed by atoms with Crippen LogP contribution in [0.25, 0.3) is 0 Å². The molecule has 0 aromatic carbocycles. The van der Waals surface area contributed by atoms with Gasteiger partial charge in [0.2, 0.25) is 0 Å². The highest BCUT2D eigenvalue weighted by atomic mass is 16.3. The van der Waals surface area contributed by atoms with Gasteiger partial charge in [-0.05, 0) is 32.3 Å². The zero-order valence-electron chi connectivity index (χ0n) is 12.1. The Morgan fingerprint density at radius 1 is 1.45 bits per heavy atom. The van der Waals surface area contributed by atoms with Crippen LogP contribution < -0.4 is 10.9 Å². The van der Waals surface area contributed by atoms with E-state index >= 15 is 0 Å². The smallest absolute Gasteiger partial charge is 0.279 e. The molecule has 1 aliphatic carbocycles. The Bertz CT molecular complexity index is 580. The summed E-state index contributed by atoms with van der Waals surface area (Å²) in [5, 5.41) is 16.2. The maximum absolute atomic E-state index is 12.4. The van der Waals surface area contributed by atoms with Crippen molar-refractivity contribution in [1.29, 1.82) is 0 Å². The van der Waals surface area contributed by atoms with Crippen LogP contribution in [0.4, 0.5) is 0 Å². The molecule has 1 fully saturated rings. The van der Waals surface area contributed by atoms with Gasteiger partial charge in [-0.3, -0.25) is 9.59 Å². The number of aliphatic hydroxyl groups is 1. The molecule has 0 bridgehead atoms. The molecule has 0 aliphatic heterocycles. The van der Waals surface area contributed by atoms with Crippen molar-refractivity contribution in [2.75, 3.05) is 6.61 Å². The number of hydrogen-bond donors (Lipinski definition) is 2. The third kappa shape index (κ3) is 2.60. The van der Waals surface area contributed by atoms with Crippen LogP contribution in [0.3, 0.4) is 0 Å². The number of aryl methyl sites for hydroxylation is 2. The van der Waals surface area contributed by atoms with Gasteiger partial charge >= 0.3 is 0 Å². The summed E-state index contributed by atoms with van der Waals surface area (Å²) in [6.07, 6.45) is 2.75. The van der Waals surface area contributed by atoms with E-state index in [-0.39, 0.29) is 35.6 Å². The first-order chi connectivity index (χ1) is 9.45. The van der Waals surface area contributed by atoms with Crippen LogP contribution in [-0.2, 0) is 7.05 Å². The molecule has 1 aromatic heterocycles. The van der Waals surface area contributed by atoms with E-state index in [1.165, 1.54) is 11.7 Å². The van der Waals surface area contributed by atoms with Gasteiger partial charge < -0.3 is 10.4 Å². The molecule has 6 heteroatoms. The van der Waals surface area contributed by atoms with Gasteiger partial charge in [0, 0.05) is 25.6 Å². The summed E-state index contributed by atoms with van der Waals surface area (Å²) in [6, 6.07) is -0.0509. The van der Waals surface area contributed by atoms with E-state index in [1.807, 2.05) is 0 Å². The van der Waals surface area contributed by atoms with Crippen LogP contribution in [-0.4, -0.2) is 33.4 Å². The quantitative estimate of drug-likeness (QED) is 0.833. The van der Waals surface area contributed by atoms with Crippen LogP contribution in [0, 0.1) is 19.8 Å². The number of hydrogen-bond acceptors (Lipinski definition) is 4. The maximum atomic E-state index is 12.4. The zero-order valence-corrected chi connectivity index (χ0v) is 12.1. The summed E-state index contributed by atoms with van der Waals surface area (Å²) in [7, 11) is 1.54. The number of rotatable bonds is 3. The fraction of sp³-hybridized carbons (Fsp3) is 0.643. The van der Waals surface area contributed by atoms with Crippen molar-refractivity contribution >= 4 is 5.91 Å². The van der Waals surface area contributed by atoms with Crippen LogP contribution in [0.2, 0.25) is 0 Å². The lowest BCUT2D eigenvalue weighted by atomic mass is 10.0. The topological polar surface area (TPSA) is 84.2 Å². The lowest BCUT2D eigenvalue weighted by molar-refractivity contribution is 0.0912. The summed E-state index contributed by atoms with van der Waals surface area (Å²) in [5.41, 5.74) is 1.05. The molecule has 0 radical (unpaired) electrons. The lowest BCUT2D eigenvalue weighted by Gasteiger charge is -2.19. The monoisotopic (exact) mass is 279 g/mol. The van der Waals surface area contributed by atoms with Crippen LogP contribution >= 0.6 is 0 Å². The molecular formula is C14H21N3O3. The van der Waals surface area contributed by atoms with E-state index in [2.05, 4.69) is 10.4 Å². The van der Waals surface area contributed by atoms with Gasteiger partial charge in [0.15, 0.2) is 0 Å². The molecule has 1 aromatic rings. The number of nitrogens with zero attached hydrogens (tertiary/aromatic N) is 2. The van der Waals surface area contributed by atoms with Crippen molar-refractivity contribution in [1.82, 2.24) is 15.1 Å². The molecule has 110 valence electrons. The second kappa shape index (κ2) is 5.75. The Labute approximate surface area is 117 Å². The van der Waals surface area contributed by atoms with E-state index in [0.29, 0.717) is 11.3 Å². The molecule has 0 saturated heterocycles. The summed E-state index contributed by atoms with van der Waals surface area (Å²) >= 11 is 0. The Kier molecular flexibility index (Phi) is 4.23. The molecule has 1 heterocycles. The molecular weight excluding hydrogens is 258 g/mol. The van der Waals surface area contributed by atoms with E-state index < -0.39 is 0 Å². The van der Waals surface area contributed by atoms with Crippen LogP contribution in [0.5, 0.6) is 0 Å². The molecule has 1 aliphatic rings. The second-order valence-corrected chi connectivity index (χ2v) is 5.47. The Balaban J connectivity index is 2.28. The van der Waals surface area contributed by atoms with E-state index in [1.54, 1.807) is 13.8 Å². The highest BCUT2D eigenvalue weighted by molar-refractivity contribution is 5.95. The molecule has 6 nitrogen and oxygen atoms in total. The fourth-order valence-corrected chi connectivity index (χ4v) is 2.80. The third-order valence-electron chi connectivity index (χ3n) is 4.16. The van der Waals surface area contributed by atoms with Gasteiger partial charge in [-0.1, -0.05) is 6.42 Å². The van der Waals surface area contributed by atoms with Gasteiger partial charge in [0.05, 0.1) is 5.69 Å². The molecule has 2 unspecified atom stereocenters. The Morgan fingerprint density at radius 2 is 2.15 bits per heavy atom. The number of carbonyl (C=O) groups excluding carboxylic acids is 1. The third-order valence-corrected chi connectivity index (χ3v) is 4.16. The number of carbonyl (C=O) groups is 1. The van der Waals surface area contributed by atoms with Gasteiger partial charge in [0.1, 0.15) is 5.56 Å². The first-order valence-corrected chi connectivity index (χ1v) is 6.92. The molecule has 2 atom stereocenters. The minimum Gasteiger partial charge on any atom is -0.396 e. The Hall–Kier alpha value is -1.69. The lowest BCUT2D eigenvalue weighted by Crippen LogP contribution is -2.42. The van der Waals surface area contributed by atoms with E-state index in [0.717, 1.165) is 19.3 Å². The van der Waals surface area contributed by atoms with Gasteiger partial charge in [-0.25, -0.2) is 4.68 Å². The predicted molar refractivity (Wildman–Crippen MR) is 74.6 cm³/mol. The van der Waals surface area contributed by atoms with Crippen molar-refractivity contribution in [3.63, 3.8) is 0 Å². The van der Waals surface area contributed by atoms with Gasteiger partial charge in [0.25, 0.3) is 11.5 Å².